The van der Waals surface area contributed by atoms with Crippen LogP contribution in [0.25, 0.3) is 0 Å². The summed E-state index contributed by atoms with van der Waals surface area (Å²) >= 11 is 0. The van der Waals surface area contributed by atoms with E-state index in [1.165, 1.54) is 50.6 Å². The van der Waals surface area contributed by atoms with Gasteiger partial charge in [0.05, 0.1) is 0 Å². The Hall–Kier alpha value is -0.820. The molecule has 17 heavy (non-hydrogen) atoms. The van der Waals surface area contributed by atoms with Crippen molar-refractivity contribution in [2.45, 2.75) is 51.9 Å². The predicted molar refractivity (Wildman–Crippen MR) is 76.4 cm³/mol. The summed E-state index contributed by atoms with van der Waals surface area (Å²) in [6.45, 7) is 4.56. The molecule has 1 rings (SSSR count). The van der Waals surface area contributed by atoms with E-state index in [9.17, 15) is 0 Å². The molecule has 1 heteroatoms. The highest BCUT2D eigenvalue weighted by Gasteiger charge is 1.92. The fourth-order valence-corrected chi connectivity index (χ4v) is 2.03. The molecule has 0 unspecified atom stereocenters. The third kappa shape index (κ3) is 7.98. The Kier molecular flexibility index (Phi) is 8.66. The molecule has 0 aliphatic carbocycles. The lowest BCUT2D eigenvalue weighted by Crippen LogP contribution is -2.18. The van der Waals surface area contributed by atoms with Gasteiger partial charge in [-0.2, -0.15) is 0 Å². The molecule has 0 aromatic heterocycles. The molecule has 0 radical (unpaired) electrons. The molecular formula is C16H27N. The third-order valence-electron chi connectivity index (χ3n) is 3.14. The molecule has 0 aliphatic rings. The van der Waals surface area contributed by atoms with E-state index in [0.29, 0.717) is 0 Å². The van der Waals surface area contributed by atoms with Crippen molar-refractivity contribution in [3.63, 3.8) is 0 Å². The standard InChI is InChI=1S/C16H27N/c1-2-3-4-5-6-10-14-17-15-13-16-11-8-7-9-12-16/h7-9,11-12,17H,2-6,10,13-15H2,1H3. The summed E-state index contributed by atoms with van der Waals surface area (Å²) in [5, 5.41) is 3.52. The van der Waals surface area contributed by atoms with Crippen molar-refractivity contribution in [3.05, 3.63) is 35.9 Å². The first-order valence-corrected chi connectivity index (χ1v) is 7.18. The molecule has 1 aromatic rings. The molecule has 0 saturated carbocycles. The molecule has 0 heterocycles. The average Bonchev–Trinajstić information content (AvgIpc) is 2.38. The summed E-state index contributed by atoms with van der Waals surface area (Å²) in [5.41, 5.74) is 1.43. The van der Waals surface area contributed by atoms with Crippen molar-refractivity contribution in [3.8, 4) is 0 Å². The van der Waals surface area contributed by atoms with Crippen LogP contribution in [0.2, 0.25) is 0 Å². The van der Waals surface area contributed by atoms with Crippen LogP contribution >= 0.6 is 0 Å². The van der Waals surface area contributed by atoms with Crippen LogP contribution in [0.3, 0.4) is 0 Å². The molecule has 0 spiro atoms. The first kappa shape index (κ1) is 14.2. The lowest BCUT2D eigenvalue weighted by Gasteiger charge is -2.05. The number of hydrogen-bond donors (Lipinski definition) is 1. The van der Waals surface area contributed by atoms with E-state index < -0.39 is 0 Å². The quantitative estimate of drug-likeness (QED) is 0.598. The second kappa shape index (κ2) is 10.3. The van der Waals surface area contributed by atoms with Gasteiger partial charge in [-0.1, -0.05) is 69.4 Å². The minimum absolute atomic E-state index is 1.11. The molecule has 0 fully saturated rings. The third-order valence-corrected chi connectivity index (χ3v) is 3.14. The predicted octanol–water partition coefficient (Wildman–Crippen LogP) is 4.18. The summed E-state index contributed by atoms with van der Waals surface area (Å²) in [6.07, 6.45) is 9.44. The molecule has 0 aliphatic heterocycles. The Labute approximate surface area is 107 Å². The number of rotatable bonds is 10. The van der Waals surface area contributed by atoms with Crippen LogP contribution in [0.15, 0.2) is 30.3 Å². The molecule has 1 aromatic carbocycles. The van der Waals surface area contributed by atoms with Crippen LogP contribution in [0, 0.1) is 0 Å². The van der Waals surface area contributed by atoms with Crippen LogP contribution in [0.4, 0.5) is 0 Å². The fraction of sp³-hybridized carbons (Fsp3) is 0.625. The Morgan fingerprint density at radius 2 is 1.53 bits per heavy atom. The Morgan fingerprint density at radius 1 is 0.824 bits per heavy atom. The summed E-state index contributed by atoms with van der Waals surface area (Å²) < 4.78 is 0. The zero-order valence-corrected chi connectivity index (χ0v) is 11.3. The van der Waals surface area contributed by atoms with Crippen LogP contribution in [0.1, 0.15) is 51.0 Å². The van der Waals surface area contributed by atoms with Crippen LogP contribution < -0.4 is 5.32 Å². The van der Waals surface area contributed by atoms with E-state index in [1.807, 2.05) is 0 Å². The Morgan fingerprint density at radius 3 is 2.29 bits per heavy atom. The Bertz CT molecular complexity index is 255. The van der Waals surface area contributed by atoms with Crippen molar-refractivity contribution in [2.24, 2.45) is 0 Å². The van der Waals surface area contributed by atoms with E-state index in [1.54, 1.807) is 0 Å². The van der Waals surface area contributed by atoms with Gasteiger partial charge in [0.1, 0.15) is 0 Å². The second-order valence-electron chi connectivity index (χ2n) is 4.75. The van der Waals surface area contributed by atoms with Crippen molar-refractivity contribution < 1.29 is 0 Å². The van der Waals surface area contributed by atoms with E-state index in [-0.39, 0.29) is 0 Å². The first-order chi connectivity index (χ1) is 8.43. The maximum Gasteiger partial charge on any atom is -0.000835 e. The second-order valence-corrected chi connectivity index (χ2v) is 4.75. The normalized spacial score (nSPS) is 10.6. The van der Waals surface area contributed by atoms with Crippen LogP contribution in [0.5, 0.6) is 0 Å². The van der Waals surface area contributed by atoms with Crippen LogP contribution in [-0.4, -0.2) is 13.1 Å². The summed E-state index contributed by atoms with van der Waals surface area (Å²) in [4.78, 5) is 0. The van der Waals surface area contributed by atoms with Gasteiger partial charge in [-0.25, -0.2) is 0 Å². The van der Waals surface area contributed by atoms with Gasteiger partial charge >= 0.3 is 0 Å². The van der Waals surface area contributed by atoms with Crippen molar-refractivity contribution >= 4 is 0 Å². The lowest BCUT2D eigenvalue weighted by atomic mass is 10.1. The average molecular weight is 233 g/mol. The minimum Gasteiger partial charge on any atom is -0.316 e. The molecular weight excluding hydrogens is 206 g/mol. The number of hydrogen-bond acceptors (Lipinski definition) is 1. The van der Waals surface area contributed by atoms with Gasteiger partial charge in [0.25, 0.3) is 0 Å². The van der Waals surface area contributed by atoms with E-state index in [0.717, 1.165) is 13.0 Å². The highest BCUT2D eigenvalue weighted by atomic mass is 14.8. The van der Waals surface area contributed by atoms with Gasteiger partial charge in [0.2, 0.25) is 0 Å². The zero-order valence-electron chi connectivity index (χ0n) is 11.3. The van der Waals surface area contributed by atoms with Crippen molar-refractivity contribution in [2.75, 3.05) is 13.1 Å². The van der Waals surface area contributed by atoms with Crippen molar-refractivity contribution in [1.82, 2.24) is 5.32 Å². The first-order valence-electron chi connectivity index (χ1n) is 7.18. The number of benzene rings is 1. The molecule has 0 bridgehead atoms. The maximum absolute atomic E-state index is 3.52. The summed E-state index contributed by atoms with van der Waals surface area (Å²) in [7, 11) is 0. The van der Waals surface area contributed by atoms with E-state index in [2.05, 4.69) is 42.6 Å². The molecule has 1 nitrogen and oxygen atoms in total. The SMILES string of the molecule is CCCCCCCCNCCc1ccccc1. The van der Waals surface area contributed by atoms with Gasteiger partial charge in [-0.05, 0) is 31.5 Å². The Balaban J connectivity index is 1.85. The molecule has 96 valence electrons. The summed E-state index contributed by atoms with van der Waals surface area (Å²) in [5.74, 6) is 0. The van der Waals surface area contributed by atoms with Crippen LogP contribution in [-0.2, 0) is 6.42 Å². The lowest BCUT2D eigenvalue weighted by molar-refractivity contribution is 0.573. The topological polar surface area (TPSA) is 12.0 Å². The van der Waals surface area contributed by atoms with Gasteiger partial charge in [-0.3, -0.25) is 0 Å². The van der Waals surface area contributed by atoms with Gasteiger partial charge in [-0.15, -0.1) is 0 Å². The molecule has 1 N–H and O–H groups in total. The largest absolute Gasteiger partial charge is 0.316 e. The highest BCUT2D eigenvalue weighted by molar-refractivity contribution is 5.14. The monoisotopic (exact) mass is 233 g/mol. The molecule has 0 amide bonds. The highest BCUT2D eigenvalue weighted by Crippen LogP contribution is 2.04. The van der Waals surface area contributed by atoms with Gasteiger partial charge in [0, 0.05) is 0 Å². The maximum atomic E-state index is 3.52. The minimum atomic E-state index is 1.11. The van der Waals surface area contributed by atoms with Gasteiger partial charge < -0.3 is 5.32 Å². The molecule has 0 saturated heterocycles. The number of unbranched alkanes of at least 4 members (excludes halogenated alkanes) is 5. The van der Waals surface area contributed by atoms with Gasteiger partial charge in [0.15, 0.2) is 0 Å². The van der Waals surface area contributed by atoms with E-state index in [4.69, 9.17) is 0 Å². The van der Waals surface area contributed by atoms with E-state index >= 15 is 0 Å². The zero-order chi connectivity index (χ0) is 12.2. The smallest absolute Gasteiger partial charge is 0.000835 e. The summed E-state index contributed by atoms with van der Waals surface area (Å²) in [6, 6.07) is 10.7. The number of nitrogens with one attached hydrogen (secondary N) is 1. The fourth-order valence-electron chi connectivity index (χ4n) is 2.03. The van der Waals surface area contributed by atoms with Crippen molar-refractivity contribution in [1.29, 1.82) is 0 Å². The molecule has 0 atom stereocenters.